The fourth-order valence-electron chi connectivity index (χ4n) is 2.87. The molecule has 1 aliphatic rings. The van der Waals surface area contributed by atoms with Gasteiger partial charge in [0.1, 0.15) is 11.9 Å². The molecular weight excluding hydrogens is 222 g/mol. The van der Waals surface area contributed by atoms with Crippen LogP contribution in [0.3, 0.4) is 0 Å². The summed E-state index contributed by atoms with van der Waals surface area (Å²) in [6, 6.07) is 4.81. The van der Waals surface area contributed by atoms with Crippen LogP contribution in [0.25, 0.3) is 0 Å². The number of nitrogens with one attached hydrogen (secondary N) is 1. The van der Waals surface area contributed by atoms with Gasteiger partial charge in [-0.05, 0) is 36.9 Å². The Morgan fingerprint density at radius 2 is 2.00 bits per heavy atom. The zero-order valence-electron chi connectivity index (χ0n) is 12.2. The van der Waals surface area contributed by atoms with Crippen molar-refractivity contribution in [1.82, 2.24) is 5.32 Å². The number of benzene rings is 1. The molecule has 2 heteroatoms. The van der Waals surface area contributed by atoms with Gasteiger partial charge in [-0.2, -0.15) is 0 Å². The highest BCUT2D eigenvalue weighted by molar-refractivity contribution is 5.52. The van der Waals surface area contributed by atoms with E-state index in [1.165, 1.54) is 16.7 Å². The maximum absolute atomic E-state index is 6.23. The largest absolute Gasteiger partial charge is 0.488 e. The average molecular weight is 247 g/mol. The SMILES string of the molecule is CCNC1c2c(C)ccc(C(C)C)c2OC1CC. The van der Waals surface area contributed by atoms with Crippen LogP contribution < -0.4 is 10.1 Å². The van der Waals surface area contributed by atoms with E-state index in [0.717, 1.165) is 18.7 Å². The van der Waals surface area contributed by atoms with Gasteiger partial charge in [-0.3, -0.25) is 0 Å². The number of hydrogen-bond acceptors (Lipinski definition) is 2. The summed E-state index contributed by atoms with van der Waals surface area (Å²) in [5.74, 6) is 1.65. The van der Waals surface area contributed by atoms with Crippen molar-refractivity contribution in [1.29, 1.82) is 0 Å². The van der Waals surface area contributed by atoms with Crippen LogP contribution in [0.5, 0.6) is 5.75 Å². The number of ether oxygens (including phenoxy) is 1. The lowest BCUT2D eigenvalue weighted by Crippen LogP contribution is -2.30. The van der Waals surface area contributed by atoms with Crippen LogP contribution in [-0.2, 0) is 0 Å². The predicted molar refractivity (Wildman–Crippen MR) is 76.4 cm³/mol. The average Bonchev–Trinajstić information content (AvgIpc) is 2.69. The quantitative estimate of drug-likeness (QED) is 0.870. The summed E-state index contributed by atoms with van der Waals surface area (Å²) >= 11 is 0. The van der Waals surface area contributed by atoms with Crippen LogP contribution in [0.2, 0.25) is 0 Å². The highest BCUT2D eigenvalue weighted by Crippen LogP contribution is 2.44. The van der Waals surface area contributed by atoms with Crippen molar-refractivity contribution in [2.75, 3.05) is 6.54 Å². The van der Waals surface area contributed by atoms with Gasteiger partial charge >= 0.3 is 0 Å². The second-order valence-corrected chi connectivity index (χ2v) is 5.47. The Morgan fingerprint density at radius 3 is 2.56 bits per heavy atom. The van der Waals surface area contributed by atoms with Crippen LogP contribution in [-0.4, -0.2) is 12.6 Å². The first-order valence-corrected chi connectivity index (χ1v) is 7.13. The first kappa shape index (κ1) is 13.4. The van der Waals surface area contributed by atoms with Crippen LogP contribution in [0, 0.1) is 6.92 Å². The van der Waals surface area contributed by atoms with Gasteiger partial charge in [-0.1, -0.05) is 39.8 Å². The van der Waals surface area contributed by atoms with Crippen molar-refractivity contribution in [3.63, 3.8) is 0 Å². The van der Waals surface area contributed by atoms with Crippen LogP contribution in [0.4, 0.5) is 0 Å². The van der Waals surface area contributed by atoms with Crippen LogP contribution in [0.15, 0.2) is 12.1 Å². The fraction of sp³-hybridized carbons (Fsp3) is 0.625. The first-order chi connectivity index (χ1) is 8.60. The molecule has 2 rings (SSSR count). The number of fused-ring (bicyclic) bond motifs is 1. The first-order valence-electron chi connectivity index (χ1n) is 7.13. The third-order valence-corrected chi connectivity index (χ3v) is 3.84. The van der Waals surface area contributed by atoms with Crippen LogP contribution in [0.1, 0.15) is 62.8 Å². The van der Waals surface area contributed by atoms with E-state index in [-0.39, 0.29) is 6.10 Å². The molecular formula is C16H25NO. The Morgan fingerprint density at radius 1 is 1.28 bits per heavy atom. The number of hydrogen-bond donors (Lipinski definition) is 1. The van der Waals surface area contributed by atoms with E-state index in [9.17, 15) is 0 Å². The number of rotatable bonds is 4. The molecule has 0 fully saturated rings. The molecule has 0 aliphatic carbocycles. The minimum atomic E-state index is 0.276. The Bertz CT molecular complexity index is 425. The van der Waals surface area contributed by atoms with Crippen molar-refractivity contribution >= 4 is 0 Å². The van der Waals surface area contributed by atoms with Gasteiger partial charge in [0.2, 0.25) is 0 Å². The summed E-state index contributed by atoms with van der Waals surface area (Å²) in [4.78, 5) is 0. The molecule has 1 heterocycles. The molecule has 2 atom stereocenters. The molecule has 0 amide bonds. The summed E-state index contributed by atoms with van der Waals surface area (Å²) in [7, 11) is 0. The van der Waals surface area contributed by atoms with E-state index in [2.05, 4.69) is 52.1 Å². The lowest BCUT2D eigenvalue weighted by Gasteiger charge is -2.18. The molecule has 1 N–H and O–H groups in total. The van der Waals surface area contributed by atoms with E-state index < -0.39 is 0 Å². The van der Waals surface area contributed by atoms with Gasteiger partial charge in [-0.15, -0.1) is 0 Å². The molecule has 1 aliphatic heterocycles. The predicted octanol–water partition coefficient (Wildman–Crippen LogP) is 3.94. The van der Waals surface area contributed by atoms with Gasteiger partial charge in [0.05, 0.1) is 6.04 Å². The van der Waals surface area contributed by atoms with E-state index >= 15 is 0 Å². The molecule has 0 aromatic heterocycles. The number of aryl methyl sites for hydroxylation is 1. The molecule has 100 valence electrons. The molecule has 18 heavy (non-hydrogen) atoms. The molecule has 2 unspecified atom stereocenters. The van der Waals surface area contributed by atoms with Crippen molar-refractivity contribution in [2.45, 2.75) is 59.1 Å². The second kappa shape index (κ2) is 5.31. The molecule has 1 aromatic rings. The second-order valence-electron chi connectivity index (χ2n) is 5.47. The fourth-order valence-corrected chi connectivity index (χ4v) is 2.87. The third kappa shape index (κ3) is 2.14. The van der Waals surface area contributed by atoms with E-state index in [1.54, 1.807) is 0 Å². The molecule has 0 radical (unpaired) electrons. The summed E-state index contributed by atoms with van der Waals surface area (Å²) in [6.07, 6.45) is 1.32. The van der Waals surface area contributed by atoms with Crippen molar-refractivity contribution < 1.29 is 4.74 Å². The highest BCUT2D eigenvalue weighted by Gasteiger charge is 2.35. The van der Waals surface area contributed by atoms with E-state index in [0.29, 0.717) is 12.0 Å². The minimum absolute atomic E-state index is 0.276. The Hall–Kier alpha value is -1.02. The molecule has 0 saturated heterocycles. The zero-order valence-corrected chi connectivity index (χ0v) is 12.2. The molecule has 2 nitrogen and oxygen atoms in total. The smallest absolute Gasteiger partial charge is 0.128 e. The minimum Gasteiger partial charge on any atom is -0.488 e. The summed E-state index contributed by atoms with van der Waals surface area (Å²) in [5, 5.41) is 3.58. The highest BCUT2D eigenvalue weighted by atomic mass is 16.5. The van der Waals surface area contributed by atoms with Crippen LogP contribution >= 0.6 is 0 Å². The Kier molecular flexibility index (Phi) is 3.96. The molecule has 0 bridgehead atoms. The topological polar surface area (TPSA) is 21.3 Å². The van der Waals surface area contributed by atoms with Gasteiger partial charge in [0, 0.05) is 5.56 Å². The van der Waals surface area contributed by atoms with Gasteiger partial charge in [-0.25, -0.2) is 0 Å². The standard InChI is InChI=1S/C16H25NO/c1-6-13-15(17-7-2)14-11(5)8-9-12(10(3)4)16(14)18-13/h8-10,13,15,17H,6-7H2,1-5H3. The van der Waals surface area contributed by atoms with Crippen molar-refractivity contribution in [3.8, 4) is 5.75 Å². The molecule has 0 saturated carbocycles. The summed E-state index contributed by atoms with van der Waals surface area (Å²) in [5.41, 5.74) is 4.07. The van der Waals surface area contributed by atoms with Gasteiger partial charge < -0.3 is 10.1 Å². The summed E-state index contributed by atoms with van der Waals surface area (Å²) < 4.78 is 6.23. The monoisotopic (exact) mass is 247 g/mol. The molecule has 0 spiro atoms. The summed E-state index contributed by atoms with van der Waals surface area (Å²) in [6.45, 7) is 12.0. The van der Waals surface area contributed by atoms with Crippen molar-refractivity contribution in [2.24, 2.45) is 0 Å². The van der Waals surface area contributed by atoms with E-state index in [1.807, 2.05) is 0 Å². The Balaban J connectivity index is 2.49. The van der Waals surface area contributed by atoms with E-state index in [4.69, 9.17) is 4.74 Å². The lowest BCUT2D eigenvalue weighted by atomic mass is 9.92. The van der Waals surface area contributed by atoms with Gasteiger partial charge in [0.25, 0.3) is 0 Å². The Labute approximate surface area is 111 Å². The third-order valence-electron chi connectivity index (χ3n) is 3.84. The zero-order chi connectivity index (χ0) is 13.3. The molecule has 1 aromatic carbocycles. The van der Waals surface area contributed by atoms with Gasteiger partial charge in [0.15, 0.2) is 0 Å². The number of likely N-dealkylation sites (N-methyl/N-ethyl adjacent to an activating group) is 1. The lowest BCUT2D eigenvalue weighted by molar-refractivity contribution is 0.184. The van der Waals surface area contributed by atoms with Crippen molar-refractivity contribution in [3.05, 3.63) is 28.8 Å². The normalized spacial score (nSPS) is 22.1. The maximum Gasteiger partial charge on any atom is 0.128 e. The maximum atomic E-state index is 6.23.